The molecule has 5 heteroatoms. The average Bonchev–Trinajstić information content (AvgIpc) is 3.11. The van der Waals surface area contributed by atoms with Crippen LogP contribution in [0, 0.1) is 0 Å². The monoisotopic (exact) mass is 432 g/mol. The Bertz CT molecular complexity index is 1280. The largest absolute Gasteiger partial charge is 0.325 e. The SMILES string of the molecule is O=C(Nc1cccc(N2C(=O)c3ccccc3C2=O)c1)C(c1ccccc1)c1ccccc1. The van der Waals surface area contributed by atoms with Crippen molar-refractivity contribution in [1.82, 2.24) is 0 Å². The number of benzene rings is 4. The van der Waals surface area contributed by atoms with Gasteiger partial charge in [0.2, 0.25) is 5.91 Å². The maximum atomic E-state index is 13.4. The van der Waals surface area contributed by atoms with Gasteiger partial charge in [-0.2, -0.15) is 0 Å². The smallest absolute Gasteiger partial charge is 0.266 e. The van der Waals surface area contributed by atoms with Crippen molar-refractivity contribution < 1.29 is 14.4 Å². The maximum absolute atomic E-state index is 13.4. The van der Waals surface area contributed by atoms with Crippen LogP contribution in [0.15, 0.2) is 109 Å². The van der Waals surface area contributed by atoms with Crippen LogP contribution in [0.5, 0.6) is 0 Å². The van der Waals surface area contributed by atoms with E-state index in [2.05, 4.69) is 5.32 Å². The zero-order valence-electron chi connectivity index (χ0n) is 17.6. The minimum Gasteiger partial charge on any atom is -0.325 e. The summed E-state index contributed by atoms with van der Waals surface area (Å²) in [5, 5.41) is 2.97. The molecule has 1 aliphatic heterocycles. The third-order valence-electron chi connectivity index (χ3n) is 5.69. The van der Waals surface area contributed by atoms with Gasteiger partial charge < -0.3 is 5.32 Å². The molecule has 0 fully saturated rings. The molecule has 4 aromatic rings. The topological polar surface area (TPSA) is 66.5 Å². The first kappa shape index (κ1) is 20.4. The molecule has 4 aromatic carbocycles. The summed E-state index contributed by atoms with van der Waals surface area (Å²) < 4.78 is 0. The van der Waals surface area contributed by atoms with E-state index in [9.17, 15) is 14.4 Å². The normalized spacial score (nSPS) is 12.7. The van der Waals surface area contributed by atoms with Crippen LogP contribution in [0.4, 0.5) is 11.4 Å². The Morgan fingerprint density at radius 2 is 1.15 bits per heavy atom. The maximum Gasteiger partial charge on any atom is 0.266 e. The summed E-state index contributed by atoms with van der Waals surface area (Å²) in [7, 11) is 0. The number of nitrogens with zero attached hydrogens (tertiary/aromatic N) is 1. The van der Waals surface area contributed by atoms with Gasteiger partial charge in [0.1, 0.15) is 0 Å². The zero-order chi connectivity index (χ0) is 22.8. The van der Waals surface area contributed by atoms with Gasteiger partial charge in [0.15, 0.2) is 0 Å². The van der Waals surface area contributed by atoms with Crippen molar-refractivity contribution in [2.24, 2.45) is 0 Å². The van der Waals surface area contributed by atoms with E-state index in [1.807, 2.05) is 60.7 Å². The number of carbonyl (C=O) groups is 3. The van der Waals surface area contributed by atoms with Gasteiger partial charge in [-0.3, -0.25) is 14.4 Å². The van der Waals surface area contributed by atoms with Crippen LogP contribution >= 0.6 is 0 Å². The molecule has 0 unspecified atom stereocenters. The summed E-state index contributed by atoms with van der Waals surface area (Å²) in [6.45, 7) is 0. The van der Waals surface area contributed by atoms with Crippen molar-refractivity contribution in [3.63, 3.8) is 0 Å². The van der Waals surface area contributed by atoms with Gasteiger partial charge in [-0.25, -0.2) is 4.90 Å². The lowest BCUT2D eigenvalue weighted by Gasteiger charge is -2.19. The minimum atomic E-state index is -0.504. The van der Waals surface area contributed by atoms with Crippen LogP contribution in [0.3, 0.4) is 0 Å². The molecule has 0 saturated heterocycles. The van der Waals surface area contributed by atoms with Crippen molar-refractivity contribution in [1.29, 1.82) is 0 Å². The second-order valence-electron chi connectivity index (χ2n) is 7.79. The predicted molar refractivity (Wildman–Crippen MR) is 127 cm³/mol. The van der Waals surface area contributed by atoms with E-state index in [1.165, 1.54) is 0 Å². The Labute approximate surface area is 191 Å². The first-order valence-corrected chi connectivity index (χ1v) is 10.6. The molecule has 0 bridgehead atoms. The standard InChI is InChI=1S/C28H20N2O3/c31-26(25(19-10-3-1-4-11-19)20-12-5-2-6-13-20)29-21-14-9-15-22(18-21)30-27(32)23-16-7-8-17-24(23)28(30)33/h1-18,25H,(H,29,31). The van der Waals surface area contributed by atoms with Crippen LogP contribution in [0.2, 0.25) is 0 Å². The lowest BCUT2D eigenvalue weighted by atomic mass is 9.90. The predicted octanol–water partition coefficient (Wildman–Crippen LogP) is 5.26. The number of anilines is 2. The number of fused-ring (bicyclic) bond motifs is 1. The summed E-state index contributed by atoms with van der Waals surface area (Å²) in [5.74, 6) is -1.45. The van der Waals surface area contributed by atoms with Crippen molar-refractivity contribution in [2.45, 2.75) is 5.92 Å². The summed E-state index contributed by atoms with van der Waals surface area (Å²) in [4.78, 5) is 40.2. The van der Waals surface area contributed by atoms with Crippen molar-refractivity contribution in [3.05, 3.63) is 131 Å². The van der Waals surface area contributed by atoms with E-state index in [1.54, 1.807) is 48.5 Å². The van der Waals surface area contributed by atoms with Crippen LogP contribution in [-0.4, -0.2) is 17.7 Å². The van der Waals surface area contributed by atoms with E-state index in [-0.39, 0.29) is 17.7 Å². The summed E-state index contributed by atoms with van der Waals surface area (Å²) in [6, 6.07) is 32.7. The van der Waals surface area contributed by atoms with E-state index >= 15 is 0 Å². The molecular formula is C28H20N2O3. The van der Waals surface area contributed by atoms with Crippen LogP contribution in [-0.2, 0) is 4.79 Å². The minimum absolute atomic E-state index is 0.202. The Morgan fingerprint density at radius 3 is 1.70 bits per heavy atom. The highest BCUT2D eigenvalue weighted by Crippen LogP contribution is 2.31. The average molecular weight is 432 g/mol. The fourth-order valence-electron chi connectivity index (χ4n) is 4.15. The first-order valence-electron chi connectivity index (χ1n) is 10.6. The summed E-state index contributed by atoms with van der Waals surface area (Å²) in [5.41, 5.74) is 3.42. The first-order chi connectivity index (χ1) is 16.1. The Kier molecular flexibility index (Phi) is 5.29. The van der Waals surface area contributed by atoms with Gasteiger partial charge >= 0.3 is 0 Å². The molecule has 0 saturated carbocycles. The highest BCUT2D eigenvalue weighted by atomic mass is 16.2. The molecule has 5 nitrogen and oxygen atoms in total. The van der Waals surface area contributed by atoms with E-state index in [4.69, 9.17) is 0 Å². The van der Waals surface area contributed by atoms with Gasteiger partial charge in [-0.05, 0) is 41.5 Å². The van der Waals surface area contributed by atoms with Crippen molar-refractivity contribution in [3.8, 4) is 0 Å². The molecule has 0 aromatic heterocycles. The molecule has 5 rings (SSSR count). The molecular weight excluding hydrogens is 412 g/mol. The second-order valence-corrected chi connectivity index (χ2v) is 7.79. The summed E-state index contributed by atoms with van der Waals surface area (Å²) in [6.07, 6.45) is 0. The number of hydrogen-bond acceptors (Lipinski definition) is 3. The molecule has 0 aliphatic carbocycles. The molecule has 1 heterocycles. The van der Waals surface area contributed by atoms with Crippen molar-refractivity contribution in [2.75, 3.05) is 10.2 Å². The number of imide groups is 1. The number of rotatable bonds is 5. The summed E-state index contributed by atoms with van der Waals surface area (Å²) >= 11 is 0. The molecule has 3 amide bonds. The van der Waals surface area contributed by atoms with E-state index in [0.717, 1.165) is 16.0 Å². The Morgan fingerprint density at radius 1 is 0.636 bits per heavy atom. The van der Waals surface area contributed by atoms with Gasteiger partial charge in [0.25, 0.3) is 11.8 Å². The van der Waals surface area contributed by atoms with Crippen LogP contribution in [0.1, 0.15) is 37.8 Å². The van der Waals surface area contributed by atoms with Gasteiger partial charge in [-0.15, -0.1) is 0 Å². The third-order valence-corrected chi connectivity index (χ3v) is 5.69. The molecule has 0 spiro atoms. The quantitative estimate of drug-likeness (QED) is 0.438. The molecule has 33 heavy (non-hydrogen) atoms. The molecule has 0 radical (unpaired) electrons. The highest BCUT2D eigenvalue weighted by molar-refractivity contribution is 6.34. The molecule has 1 aliphatic rings. The Balaban J connectivity index is 1.44. The van der Waals surface area contributed by atoms with Gasteiger partial charge in [0, 0.05) is 5.69 Å². The third kappa shape index (κ3) is 3.81. The molecule has 0 atom stereocenters. The number of carbonyl (C=O) groups excluding carboxylic acids is 3. The van der Waals surface area contributed by atoms with E-state index in [0.29, 0.717) is 22.5 Å². The lowest BCUT2D eigenvalue weighted by molar-refractivity contribution is -0.116. The van der Waals surface area contributed by atoms with Crippen LogP contribution < -0.4 is 10.2 Å². The van der Waals surface area contributed by atoms with Crippen molar-refractivity contribution >= 4 is 29.1 Å². The number of hydrogen-bond donors (Lipinski definition) is 1. The fraction of sp³-hybridized carbons (Fsp3) is 0.0357. The van der Waals surface area contributed by atoms with Crippen LogP contribution in [0.25, 0.3) is 0 Å². The molecule has 1 N–H and O–H groups in total. The van der Waals surface area contributed by atoms with Gasteiger partial charge in [0.05, 0.1) is 22.7 Å². The Hall–Kier alpha value is -4.51. The van der Waals surface area contributed by atoms with E-state index < -0.39 is 5.92 Å². The number of amides is 3. The second kappa shape index (κ2) is 8.55. The number of nitrogens with one attached hydrogen (secondary N) is 1. The van der Waals surface area contributed by atoms with Gasteiger partial charge in [-0.1, -0.05) is 78.9 Å². The highest BCUT2D eigenvalue weighted by Gasteiger charge is 2.36. The zero-order valence-corrected chi connectivity index (χ0v) is 17.6. The lowest BCUT2D eigenvalue weighted by Crippen LogP contribution is -2.29. The fourth-order valence-corrected chi connectivity index (χ4v) is 4.15. The molecule has 160 valence electrons.